The molecule has 0 aliphatic carbocycles. The van der Waals surface area contributed by atoms with Gasteiger partial charge < -0.3 is 9.73 Å². The number of pyridine rings is 1. The average Bonchev–Trinajstić information content (AvgIpc) is 3.13. The Morgan fingerprint density at radius 3 is 2.39 bits per heavy atom. The molecule has 0 atom stereocenters. The summed E-state index contributed by atoms with van der Waals surface area (Å²) in [6, 6.07) is 6.89. The van der Waals surface area contributed by atoms with E-state index in [2.05, 4.69) is 15.0 Å². The molecule has 11 nitrogen and oxygen atoms in total. The largest absolute Gasteiger partial charge is 0.437 e. The number of rotatable bonds is 10. The van der Waals surface area contributed by atoms with Crippen molar-refractivity contribution in [2.45, 2.75) is 19.3 Å². The standard InChI is InChI=1S/C21H22FIN4O7S2/c1-24-20(29)17-14-11-15(23)19(25-21(14)34-18(17)12-6-8-13(22)9-7-12)27-36(32,33)10-4-3-5-16(28)26-35(2,30)31/h6-9,11H,3-5,10H2,1-2H3,(H,24,29)(H,25,27)(H,26,28). The summed E-state index contributed by atoms with van der Waals surface area (Å²) in [5, 5.41) is 2.87. The van der Waals surface area contributed by atoms with Crippen molar-refractivity contribution in [2.24, 2.45) is 0 Å². The van der Waals surface area contributed by atoms with Gasteiger partial charge in [0.15, 0.2) is 5.82 Å². The number of hydrogen-bond donors (Lipinski definition) is 3. The van der Waals surface area contributed by atoms with Gasteiger partial charge in [-0.15, -0.1) is 0 Å². The Morgan fingerprint density at radius 2 is 1.78 bits per heavy atom. The fourth-order valence-corrected chi connectivity index (χ4v) is 5.66. The van der Waals surface area contributed by atoms with Gasteiger partial charge in [0, 0.05) is 19.0 Å². The number of carbonyl (C=O) groups excluding carboxylic acids is 2. The third-order valence-corrected chi connectivity index (χ3v) is 7.57. The quantitative estimate of drug-likeness (QED) is 0.222. The van der Waals surface area contributed by atoms with Crippen molar-refractivity contribution in [2.75, 3.05) is 23.8 Å². The monoisotopic (exact) mass is 652 g/mol. The number of sulfonamides is 2. The van der Waals surface area contributed by atoms with E-state index in [9.17, 15) is 30.8 Å². The lowest BCUT2D eigenvalue weighted by molar-refractivity contribution is -0.119. The van der Waals surface area contributed by atoms with E-state index in [1.807, 2.05) is 27.3 Å². The molecule has 0 bridgehead atoms. The second kappa shape index (κ2) is 11.1. The first-order chi connectivity index (χ1) is 16.8. The molecule has 0 aliphatic rings. The number of carbonyl (C=O) groups is 2. The molecule has 0 saturated carbocycles. The summed E-state index contributed by atoms with van der Waals surface area (Å²) in [5.74, 6) is -1.83. The average molecular weight is 652 g/mol. The maximum Gasteiger partial charge on any atom is 0.255 e. The zero-order valence-electron chi connectivity index (χ0n) is 19.1. The Labute approximate surface area is 220 Å². The molecule has 0 aliphatic heterocycles. The number of benzene rings is 1. The van der Waals surface area contributed by atoms with Crippen LogP contribution in [0.2, 0.25) is 0 Å². The van der Waals surface area contributed by atoms with Gasteiger partial charge in [0.05, 0.1) is 26.5 Å². The molecular weight excluding hydrogens is 630 g/mol. The molecule has 0 radical (unpaired) electrons. The van der Waals surface area contributed by atoms with Crippen LogP contribution in [0.1, 0.15) is 29.6 Å². The first kappa shape index (κ1) is 27.8. The van der Waals surface area contributed by atoms with E-state index in [0.29, 0.717) is 14.5 Å². The molecule has 2 amide bonds. The van der Waals surface area contributed by atoms with Crippen LogP contribution in [0.3, 0.4) is 0 Å². The summed E-state index contributed by atoms with van der Waals surface area (Å²) in [7, 11) is -6.09. The second-order valence-electron chi connectivity index (χ2n) is 7.74. The van der Waals surface area contributed by atoms with Gasteiger partial charge in [-0.2, -0.15) is 4.98 Å². The van der Waals surface area contributed by atoms with Crippen molar-refractivity contribution in [3.8, 4) is 11.3 Å². The number of unbranched alkanes of at least 4 members (excludes halogenated alkanes) is 1. The van der Waals surface area contributed by atoms with E-state index in [1.165, 1.54) is 31.3 Å². The number of nitrogens with one attached hydrogen (secondary N) is 3. The van der Waals surface area contributed by atoms with Gasteiger partial charge in [0.25, 0.3) is 5.91 Å². The highest BCUT2D eigenvalue weighted by molar-refractivity contribution is 14.1. The molecule has 15 heteroatoms. The van der Waals surface area contributed by atoms with E-state index in [-0.39, 0.29) is 47.9 Å². The second-order valence-corrected chi connectivity index (χ2v) is 12.5. The molecule has 0 fully saturated rings. The number of fused-ring (bicyclic) bond motifs is 1. The molecule has 0 spiro atoms. The Bertz CT molecular complexity index is 1520. The van der Waals surface area contributed by atoms with Gasteiger partial charge in [-0.3, -0.25) is 19.0 Å². The van der Waals surface area contributed by atoms with Gasteiger partial charge in [0.2, 0.25) is 31.7 Å². The zero-order chi connectivity index (χ0) is 26.7. The molecule has 0 unspecified atom stereocenters. The fourth-order valence-electron chi connectivity index (χ4n) is 3.26. The summed E-state index contributed by atoms with van der Waals surface area (Å²) in [6.07, 6.45) is 0.956. The number of halogens is 2. The lowest BCUT2D eigenvalue weighted by Crippen LogP contribution is -2.29. The summed E-state index contributed by atoms with van der Waals surface area (Å²) < 4.78 is 71.0. The molecule has 2 heterocycles. The van der Waals surface area contributed by atoms with Crippen LogP contribution in [0.15, 0.2) is 34.7 Å². The third kappa shape index (κ3) is 7.13. The first-order valence-corrected chi connectivity index (χ1v) is 15.0. The molecule has 194 valence electrons. The van der Waals surface area contributed by atoms with Crippen molar-refractivity contribution < 1.29 is 35.2 Å². The van der Waals surface area contributed by atoms with Crippen molar-refractivity contribution in [1.82, 2.24) is 15.0 Å². The minimum atomic E-state index is -3.87. The van der Waals surface area contributed by atoms with Crippen LogP contribution in [-0.4, -0.2) is 52.7 Å². The topological polar surface area (TPSA) is 165 Å². The van der Waals surface area contributed by atoms with Crippen LogP contribution < -0.4 is 14.8 Å². The van der Waals surface area contributed by atoms with Crippen LogP contribution in [0.5, 0.6) is 0 Å². The molecule has 1 aromatic carbocycles. The van der Waals surface area contributed by atoms with Gasteiger partial charge in [-0.1, -0.05) is 0 Å². The van der Waals surface area contributed by atoms with Crippen LogP contribution in [0, 0.1) is 9.39 Å². The van der Waals surface area contributed by atoms with E-state index >= 15 is 0 Å². The van der Waals surface area contributed by atoms with Crippen LogP contribution in [0.25, 0.3) is 22.4 Å². The summed E-state index contributed by atoms with van der Waals surface area (Å²) in [6.45, 7) is 0. The third-order valence-electron chi connectivity index (χ3n) is 4.82. The van der Waals surface area contributed by atoms with Crippen molar-refractivity contribution >= 4 is 71.4 Å². The zero-order valence-corrected chi connectivity index (χ0v) is 22.9. The predicted octanol–water partition coefficient (Wildman–Crippen LogP) is 2.59. The lowest BCUT2D eigenvalue weighted by Gasteiger charge is -2.09. The fraction of sp³-hybridized carbons (Fsp3) is 0.286. The summed E-state index contributed by atoms with van der Waals surface area (Å²) in [4.78, 5) is 28.4. The number of furan rings is 1. The number of anilines is 1. The highest BCUT2D eigenvalue weighted by Gasteiger charge is 2.25. The number of amides is 2. The van der Waals surface area contributed by atoms with E-state index in [1.54, 1.807) is 6.07 Å². The minimum Gasteiger partial charge on any atom is -0.437 e. The van der Waals surface area contributed by atoms with E-state index in [0.717, 1.165) is 6.26 Å². The normalized spacial score (nSPS) is 11.9. The lowest BCUT2D eigenvalue weighted by atomic mass is 10.1. The predicted molar refractivity (Wildman–Crippen MR) is 140 cm³/mol. The Kier molecular flexibility index (Phi) is 8.55. The smallest absolute Gasteiger partial charge is 0.255 e. The Balaban J connectivity index is 1.82. The summed E-state index contributed by atoms with van der Waals surface area (Å²) >= 11 is 1.87. The first-order valence-electron chi connectivity index (χ1n) is 10.4. The summed E-state index contributed by atoms with van der Waals surface area (Å²) in [5.41, 5.74) is 0.611. The number of hydrogen-bond acceptors (Lipinski definition) is 8. The maximum atomic E-state index is 13.4. The van der Waals surface area contributed by atoms with E-state index in [4.69, 9.17) is 4.42 Å². The van der Waals surface area contributed by atoms with Gasteiger partial charge >= 0.3 is 0 Å². The molecule has 2 aromatic heterocycles. The van der Waals surface area contributed by atoms with Gasteiger partial charge in [-0.25, -0.2) is 21.2 Å². The van der Waals surface area contributed by atoms with E-state index < -0.39 is 37.7 Å². The molecule has 3 rings (SSSR count). The van der Waals surface area contributed by atoms with Crippen molar-refractivity contribution in [3.63, 3.8) is 0 Å². The highest BCUT2D eigenvalue weighted by Crippen LogP contribution is 2.35. The molecule has 36 heavy (non-hydrogen) atoms. The SMILES string of the molecule is CNC(=O)c1c(-c2ccc(F)cc2)oc2nc(NS(=O)(=O)CCCCC(=O)NS(C)(=O)=O)c(I)cc12. The Morgan fingerprint density at radius 1 is 1.11 bits per heavy atom. The molecular formula is C21H22FIN4O7S2. The maximum absolute atomic E-state index is 13.4. The van der Waals surface area contributed by atoms with Gasteiger partial charge in [-0.05, 0) is 65.8 Å². The number of aromatic nitrogens is 1. The van der Waals surface area contributed by atoms with Gasteiger partial charge in [0.1, 0.15) is 11.6 Å². The van der Waals surface area contributed by atoms with Crippen LogP contribution >= 0.6 is 22.6 Å². The molecule has 0 saturated heterocycles. The minimum absolute atomic E-state index is 0.00323. The molecule has 3 aromatic rings. The Hall–Kier alpha value is -2.79. The van der Waals surface area contributed by atoms with Crippen LogP contribution in [-0.2, 0) is 24.8 Å². The number of nitrogens with zero attached hydrogens (tertiary/aromatic N) is 1. The van der Waals surface area contributed by atoms with Crippen molar-refractivity contribution in [3.05, 3.63) is 45.3 Å². The molecule has 3 N–H and O–H groups in total. The highest BCUT2D eigenvalue weighted by atomic mass is 127. The van der Waals surface area contributed by atoms with Crippen molar-refractivity contribution in [1.29, 1.82) is 0 Å². The van der Waals surface area contributed by atoms with Crippen LogP contribution in [0.4, 0.5) is 10.2 Å².